The quantitative estimate of drug-likeness (QED) is 0.0380. The van der Waals surface area contributed by atoms with Crippen molar-refractivity contribution in [2.45, 2.75) is 206 Å². The summed E-state index contributed by atoms with van der Waals surface area (Å²) < 4.78 is 10.3. The van der Waals surface area contributed by atoms with Crippen molar-refractivity contribution >= 4 is 11.9 Å². The van der Waals surface area contributed by atoms with Crippen LogP contribution in [0, 0.1) is 0 Å². The topological polar surface area (TPSA) is 93.1 Å². The van der Waals surface area contributed by atoms with E-state index in [0.29, 0.717) is 19.3 Å². The van der Waals surface area contributed by atoms with Crippen molar-refractivity contribution in [1.82, 2.24) is 0 Å². The number of esters is 2. The predicted octanol–water partition coefficient (Wildman–Crippen LogP) is 12.0. The Labute approximate surface area is 308 Å². The molecule has 0 fully saturated rings. The average Bonchev–Trinajstić information content (AvgIpc) is 3.10. The largest absolute Gasteiger partial charge is 0.463 e. The molecule has 2 N–H and O–H groups in total. The van der Waals surface area contributed by atoms with Crippen LogP contribution < -0.4 is 0 Å². The van der Waals surface area contributed by atoms with Gasteiger partial charge in [0.15, 0.2) is 0 Å². The van der Waals surface area contributed by atoms with E-state index in [1.165, 1.54) is 96.3 Å². The summed E-state index contributed by atoms with van der Waals surface area (Å²) in [4.78, 5) is 23.9. The fourth-order valence-corrected chi connectivity index (χ4v) is 5.69. The van der Waals surface area contributed by atoms with E-state index in [0.717, 1.165) is 64.2 Å². The van der Waals surface area contributed by atoms with Crippen LogP contribution in [0.3, 0.4) is 0 Å². The van der Waals surface area contributed by atoms with E-state index in [4.69, 9.17) is 9.47 Å². The SMILES string of the molecule is CCCCCCCCCCCCCCCCCCCCC(=O)OC[C@H](O)COC(=O)CCC/C=C\C/C=C\C/C=C\C/C=C\CCC[C@@H](C)O. The minimum atomic E-state index is -0.993. The monoisotopic (exact) mass is 703 g/mol. The molecule has 290 valence electrons. The Morgan fingerprint density at radius 3 is 1.22 bits per heavy atom. The van der Waals surface area contributed by atoms with E-state index in [1.807, 2.05) is 6.92 Å². The van der Waals surface area contributed by atoms with Gasteiger partial charge in [-0.1, -0.05) is 165 Å². The first kappa shape index (κ1) is 47.8. The van der Waals surface area contributed by atoms with Gasteiger partial charge in [0.2, 0.25) is 0 Å². The zero-order valence-corrected chi connectivity index (χ0v) is 32.5. The predicted molar refractivity (Wildman–Crippen MR) is 211 cm³/mol. The van der Waals surface area contributed by atoms with Crippen LogP contribution in [0.2, 0.25) is 0 Å². The fourth-order valence-electron chi connectivity index (χ4n) is 5.69. The van der Waals surface area contributed by atoms with Crippen LogP contribution in [0.25, 0.3) is 0 Å². The molecule has 0 amide bonds. The Morgan fingerprint density at radius 2 is 0.820 bits per heavy atom. The summed E-state index contributed by atoms with van der Waals surface area (Å²) >= 11 is 0. The maximum atomic E-state index is 12.0. The molecule has 50 heavy (non-hydrogen) atoms. The van der Waals surface area contributed by atoms with Crippen molar-refractivity contribution in [3.05, 3.63) is 48.6 Å². The van der Waals surface area contributed by atoms with Gasteiger partial charge in [-0.25, -0.2) is 0 Å². The Hall–Kier alpha value is -2.18. The van der Waals surface area contributed by atoms with Gasteiger partial charge in [0.05, 0.1) is 6.10 Å². The number of hydrogen-bond donors (Lipinski definition) is 2. The number of allylic oxidation sites excluding steroid dienone is 8. The van der Waals surface area contributed by atoms with Crippen LogP contribution in [-0.4, -0.2) is 47.6 Å². The molecular weight excluding hydrogens is 624 g/mol. The average molecular weight is 703 g/mol. The zero-order chi connectivity index (χ0) is 36.6. The highest BCUT2D eigenvalue weighted by Crippen LogP contribution is 2.15. The Bertz CT molecular complexity index is 859. The summed E-state index contributed by atoms with van der Waals surface area (Å²) in [6.45, 7) is 3.81. The molecule has 0 saturated heterocycles. The molecule has 6 nitrogen and oxygen atoms in total. The standard InChI is InChI=1S/C44H78O6/c1-3-4-5-6-7-8-9-10-11-12-13-16-19-22-25-28-31-34-37-43(47)49-39-42(46)40-50-44(48)38-35-32-29-26-23-20-17-14-15-18-21-24-27-30-33-36-41(2)45/h15,17-18,20,24,26-27,29,41-42,45-46H,3-14,16,19,21-23,25,28,30-40H2,1-2H3/b18-15-,20-17-,27-24-,29-26-/t41-,42+/m1/s1. The first-order valence-electron chi connectivity index (χ1n) is 20.7. The fraction of sp³-hybridized carbons (Fsp3) is 0.773. The van der Waals surface area contributed by atoms with Crippen molar-refractivity contribution < 1.29 is 29.3 Å². The number of aliphatic hydroxyl groups excluding tert-OH is 2. The van der Waals surface area contributed by atoms with Crippen LogP contribution in [0.4, 0.5) is 0 Å². The summed E-state index contributed by atoms with van der Waals surface area (Å²) in [6.07, 6.45) is 47.3. The van der Waals surface area contributed by atoms with Gasteiger partial charge >= 0.3 is 11.9 Å². The zero-order valence-electron chi connectivity index (χ0n) is 32.5. The lowest BCUT2D eigenvalue weighted by Crippen LogP contribution is -2.25. The molecule has 2 atom stereocenters. The number of ether oxygens (including phenoxy) is 2. The van der Waals surface area contributed by atoms with Gasteiger partial charge in [0.1, 0.15) is 19.3 Å². The van der Waals surface area contributed by atoms with E-state index in [-0.39, 0.29) is 31.3 Å². The molecule has 0 saturated carbocycles. The molecule has 0 spiro atoms. The lowest BCUT2D eigenvalue weighted by molar-refractivity contribution is -0.152. The van der Waals surface area contributed by atoms with E-state index in [9.17, 15) is 19.8 Å². The van der Waals surface area contributed by atoms with Gasteiger partial charge in [0, 0.05) is 12.8 Å². The molecule has 0 rings (SSSR count). The summed E-state index contributed by atoms with van der Waals surface area (Å²) in [5, 5.41) is 19.2. The highest BCUT2D eigenvalue weighted by atomic mass is 16.6. The normalized spacial score (nSPS) is 13.3. The van der Waals surface area contributed by atoms with E-state index in [2.05, 4.69) is 55.5 Å². The summed E-state index contributed by atoms with van der Waals surface area (Å²) in [7, 11) is 0. The molecular formula is C44H78O6. The molecule has 0 bridgehead atoms. The van der Waals surface area contributed by atoms with Gasteiger partial charge in [-0.15, -0.1) is 0 Å². The van der Waals surface area contributed by atoms with Gasteiger partial charge in [-0.2, -0.15) is 0 Å². The second-order valence-corrected chi connectivity index (χ2v) is 14.0. The van der Waals surface area contributed by atoms with Gasteiger partial charge in [0.25, 0.3) is 0 Å². The number of carbonyl (C=O) groups is 2. The van der Waals surface area contributed by atoms with Gasteiger partial charge < -0.3 is 19.7 Å². The highest BCUT2D eigenvalue weighted by Gasteiger charge is 2.12. The molecule has 0 aromatic carbocycles. The minimum absolute atomic E-state index is 0.139. The third-order valence-corrected chi connectivity index (χ3v) is 8.84. The Balaban J connectivity index is 3.51. The third-order valence-electron chi connectivity index (χ3n) is 8.84. The first-order valence-corrected chi connectivity index (χ1v) is 20.7. The third kappa shape index (κ3) is 40.3. The summed E-state index contributed by atoms with van der Waals surface area (Å²) in [6, 6.07) is 0. The lowest BCUT2D eigenvalue weighted by atomic mass is 10.0. The molecule has 0 aliphatic carbocycles. The molecule has 0 aliphatic heterocycles. The lowest BCUT2D eigenvalue weighted by Gasteiger charge is -2.12. The highest BCUT2D eigenvalue weighted by molar-refractivity contribution is 5.69. The van der Waals surface area contributed by atoms with Crippen molar-refractivity contribution in [1.29, 1.82) is 0 Å². The number of hydrogen-bond acceptors (Lipinski definition) is 6. The smallest absolute Gasteiger partial charge is 0.305 e. The van der Waals surface area contributed by atoms with Crippen molar-refractivity contribution in [3.8, 4) is 0 Å². The van der Waals surface area contributed by atoms with Crippen LogP contribution >= 0.6 is 0 Å². The molecule has 0 radical (unpaired) electrons. The molecule has 0 aliphatic rings. The summed E-state index contributed by atoms with van der Waals surface area (Å²) in [5.41, 5.74) is 0. The molecule has 0 aromatic rings. The van der Waals surface area contributed by atoms with E-state index in [1.54, 1.807) is 0 Å². The second-order valence-electron chi connectivity index (χ2n) is 14.0. The summed E-state index contributed by atoms with van der Waals surface area (Å²) in [5.74, 6) is -0.641. The number of rotatable bonds is 37. The number of unbranched alkanes of at least 4 members (excludes halogenated alkanes) is 19. The Morgan fingerprint density at radius 1 is 0.480 bits per heavy atom. The molecule has 0 heterocycles. The van der Waals surface area contributed by atoms with Crippen molar-refractivity contribution in [2.24, 2.45) is 0 Å². The van der Waals surface area contributed by atoms with Crippen molar-refractivity contribution in [3.63, 3.8) is 0 Å². The Kier molecular flexibility index (Phi) is 37.9. The van der Waals surface area contributed by atoms with Crippen molar-refractivity contribution in [2.75, 3.05) is 13.2 Å². The van der Waals surface area contributed by atoms with Crippen LogP contribution in [0.5, 0.6) is 0 Å². The maximum Gasteiger partial charge on any atom is 0.305 e. The first-order chi connectivity index (χ1) is 24.5. The van der Waals surface area contributed by atoms with Crippen LogP contribution in [-0.2, 0) is 19.1 Å². The van der Waals surface area contributed by atoms with Crippen LogP contribution in [0.1, 0.15) is 194 Å². The molecule has 0 aromatic heterocycles. The van der Waals surface area contributed by atoms with Gasteiger partial charge in [-0.05, 0) is 64.7 Å². The van der Waals surface area contributed by atoms with Crippen LogP contribution in [0.15, 0.2) is 48.6 Å². The van der Waals surface area contributed by atoms with E-state index < -0.39 is 6.10 Å². The molecule has 6 heteroatoms. The number of carbonyl (C=O) groups excluding carboxylic acids is 2. The number of aliphatic hydroxyl groups is 2. The maximum absolute atomic E-state index is 12.0. The molecule has 0 unspecified atom stereocenters. The van der Waals surface area contributed by atoms with Gasteiger partial charge in [-0.3, -0.25) is 9.59 Å². The van der Waals surface area contributed by atoms with E-state index >= 15 is 0 Å². The minimum Gasteiger partial charge on any atom is -0.463 e. The second kappa shape index (κ2) is 39.6.